The minimum Gasteiger partial charge on any atom is -0.458 e. The highest BCUT2D eigenvalue weighted by Crippen LogP contribution is 2.28. The lowest BCUT2D eigenvalue weighted by Crippen LogP contribution is -2.57. The van der Waals surface area contributed by atoms with E-state index < -0.39 is 0 Å². The molecule has 0 spiro atoms. The SMILES string of the molecule is CN(C)c1ccc2c(c1)B(c1ncncn1)c1cc(N(C)C)ccc1O2. The minimum absolute atomic E-state index is 0.100. The summed E-state index contributed by atoms with van der Waals surface area (Å²) >= 11 is 0. The fraction of sp³-hybridized carbons (Fsp3) is 0.211. The molecule has 26 heavy (non-hydrogen) atoms. The van der Waals surface area contributed by atoms with Gasteiger partial charge in [0.15, 0.2) is 0 Å². The number of benzene rings is 2. The molecule has 0 atom stereocenters. The van der Waals surface area contributed by atoms with Crippen molar-refractivity contribution in [2.45, 2.75) is 0 Å². The van der Waals surface area contributed by atoms with E-state index in [0.29, 0.717) is 0 Å². The van der Waals surface area contributed by atoms with Crippen LogP contribution in [0.4, 0.5) is 11.4 Å². The normalized spacial score (nSPS) is 12.1. The van der Waals surface area contributed by atoms with Crippen LogP contribution in [0.5, 0.6) is 11.5 Å². The lowest BCUT2D eigenvalue weighted by atomic mass is 9.38. The Morgan fingerprint density at radius 3 is 1.73 bits per heavy atom. The number of hydrogen-bond donors (Lipinski definition) is 0. The number of fused-ring (bicyclic) bond motifs is 2. The third-order valence-electron chi connectivity index (χ3n) is 4.63. The van der Waals surface area contributed by atoms with Gasteiger partial charge >= 0.3 is 0 Å². The second-order valence-corrected chi connectivity index (χ2v) is 6.76. The van der Waals surface area contributed by atoms with Gasteiger partial charge in [-0.1, -0.05) is 0 Å². The van der Waals surface area contributed by atoms with E-state index in [-0.39, 0.29) is 6.71 Å². The predicted molar refractivity (Wildman–Crippen MR) is 106 cm³/mol. The second-order valence-electron chi connectivity index (χ2n) is 6.76. The van der Waals surface area contributed by atoms with Crippen LogP contribution < -0.4 is 31.2 Å². The molecular weight excluding hydrogens is 325 g/mol. The molecule has 0 saturated heterocycles. The summed E-state index contributed by atoms with van der Waals surface area (Å²) in [5.74, 6) is 1.68. The van der Waals surface area contributed by atoms with Crippen LogP contribution in [0.25, 0.3) is 0 Å². The third kappa shape index (κ3) is 2.75. The monoisotopic (exact) mass is 345 g/mol. The molecule has 0 radical (unpaired) electrons. The molecule has 0 fully saturated rings. The first-order valence-electron chi connectivity index (χ1n) is 8.47. The maximum atomic E-state index is 6.19. The predicted octanol–water partition coefficient (Wildman–Crippen LogP) is 0.625. The van der Waals surface area contributed by atoms with E-state index in [1.807, 2.05) is 40.3 Å². The Balaban J connectivity index is 1.94. The van der Waals surface area contributed by atoms with Crippen molar-refractivity contribution in [3.63, 3.8) is 0 Å². The van der Waals surface area contributed by atoms with E-state index in [2.05, 4.69) is 49.0 Å². The summed E-state index contributed by atoms with van der Waals surface area (Å²) < 4.78 is 6.19. The molecule has 0 saturated carbocycles. The van der Waals surface area contributed by atoms with E-state index in [1.165, 1.54) is 0 Å². The smallest absolute Gasteiger partial charge is 0.298 e. The Bertz CT molecular complexity index is 888. The summed E-state index contributed by atoms with van der Waals surface area (Å²) in [6.45, 7) is -0.100. The van der Waals surface area contributed by atoms with Crippen LogP contribution in [0.15, 0.2) is 49.1 Å². The summed E-state index contributed by atoms with van der Waals surface area (Å²) in [6.07, 6.45) is 3.09. The zero-order valence-corrected chi connectivity index (χ0v) is 15.3. The molecule has 130 valence electrons. The van der Waals surface area contributed by atoms with Crippen molar-refractivity contribution in [2.75, 3.05) is 38.0 Å². The average molecular weight is 345 g/mol. The molecule has 0 N–H and O–H groups in total. The van der Waals surface area contributed by atoms with Crippen molar-refractivity contribution < 1.29 is 4.74 Å². The second kappa shape index (κ2) is 6.33. The first-order valence-corrected chi connectivity index (χ1v) is 8.47. The Hall–Kier alpha value is -3.09. The molecule has 4 rings (SSSR count). The fourth-order valence-corrected chi connectivity index (χ4v) is 3.23. The fourth-order valence-electron chi connectivity index (χ4n) is 3.23. The van der Waals surface area contributed by atoms with Crippen LogP contribution in [0.1, 0.15) is 0 Å². The molecular formula is C19H20BN5O. The van der Waals surface area contributed by atoms with Crippen molar-refractivity contribution in [2.24, 2.45) is 0 Å². The van der Waals surface area contributed by atoms with Crippen molar-refractivity contribution in [3.8, 4) is 11.5 Å². The number of nitrogens with zero attached hydrogens (tertiary/aromatic N) is 5. The Morgan fingerprint density at radius 1 is 0.769 bits per heavy atom. The van der Waals surface area contributed by atoms with E-state index in [4.69, 9.17) is 4.74 Å². The summed E-state index contributed by atoms with van der Waals surface area (Å²) in [4.78, 5) is 17.0. The summed E-state index contributed by atoms with van der Waals surface area (Å²) in [6, 6.07) is 12.4. The number of anilines is 2. The van der Waals surface area contributed by atoms with Gasteiger partial charge < -0.3 is 14.5 Å². The van der Waals surface area contributed by atoms with Gasteiger partial charge in [0, 0.05) is 39.6 Å². The average Bonchev–Trinajstić information content (AvgIpc) is 2.65. The van der Waals surface area contributed by atoms with Crippen LogP contribution in [-0.4, -0.2) is 49.9 Å². The van der Waals surface area contributed by atoms with Gasteiger partial charge in [-0.15, -0.1) is 0 Å². The van der Waals surface area contributed by atoms with Crippen molar-refractivity contribution in [1.82, 2.24) is 15.0 Å². The Morgan fingerprint density at radius 2 is 1.27 bits per heavy atom. The Kier molecular flexibility index (Phi) is 3.99. The molecule has 1 aromatic heterocycles. The standard InChI is InChI=1S/C19H20BN5O/c1-24(2)13-5-7-17-15(9-13)20(19-22-11-21-12-23-19)16-10-14(25(3)4)6-8-18(16)26-17/h5-12H,1-4H3. The molecule has 6 nitrogen and oxygen atoms in total. The van der Waals surface area contributed by atoms with Gasteiger partial charge in [-0.3, -0.25) is 0 Å². The van der Waals surface area contributed by atoms with Gasteiger partial charge in [0.1, 0.15) is 29.9 Å². The van der Waals surface area contributed by atoms with Crippen LogP contribution in [0.2, 0.25) is 0 Å². The van der Waals surface area contributed by atoms with Crippen molar-refractivity contribution >= 4 is 34.7 Å². The Labute approximate surface area is 153 Å². The van der Waals surface area contributed by atoms with E-state index in [9.17, 15) is 0 Å². The highest BCUT2D eigenvalue weighted by molar-refractivity contribution is 6.96. The van der Waals surface area contributed by atoms with Gasteiger partial charge in [0.05, 0.1) is 0 Å². The summed E-state index contributed by atoms with van der Waals surface area (Å²) in [5, 5.41) is 0. The molecule has 2 heterocycles. The summed E-state index contributed by atoms with van der Waals surface area (Å²) in [5.41, 5.74) is 5.06. The van der Waals surface area contributed by atoms with Gasteiger partial charge in [-0.05, 0) is 47.3 Å². The number of aromatic nitrogens is 3. The zero-order chi connectivity index (χ0) is 18.3. The highest BCUT2D eigenvalue weighted by atomic mass is 16.5. The topological polar surface area (TPSA) is 54.4 Å². The first-order chi connectivity index (χ1) is 12.5. The molecule has 2 aromatic carbocycles. The van der Waals surface area contributed by atoms with Gasteiger partial charge in [-0.25, -0.2) is 15.0 Å². The van der Waals surface area contributed by atoms with Crippen molar-refractivity contribution in [1.29, 1.82) is 0 Å². The van der Waals surface area contributed by atoms with Crippen LogP contribution in [0.3, 0.4) is 0 Å². The number of hydrogen-bond acceptors (Lipinski definition) is 6. The molecule has 0 aliphatic carbocycles. The molecule has 1 aliphatic heterocycles. The van der Waals surface area contributed by atoms with E-state index >= 15 is 0 Å². The first kappa shape index (κ1) is 16.4. The molecule has 3 aromatic rings. The van der Waals surface area contributed by atoms with Gasteiger partial charge in [0.2, 0.25) is 0 Å². The maximum absolute atomic E-state index is 6.19. The third-order valence-corrected chi connectivity index (χ3v) is 4.63. The van der Waals surface area contributed by atoms with Crippen LogP contribution >= 0.6 is 0 Å². The lowest BCUT2D eigenvalue weighted by Gasteiger charge is -2.28. The number of ether oxygens (including phenoxy) is 1. The van der Waals surface area contributed by atoms with E-state index in [1.54, 1.807) is 12.7 Å². The highest BCUT2D eigenvalue weighted by Gasteiger charge is 2.35. The van der Waals surface area contributed by atoms with Crippen molar-refractivity contribution in [3.05, 3.63) is 49.1 Å². The van der Waals surface area contributed by atoms with Crippen LogP contribution in [-0.2, 0) is 0 Å². The van der Waals surface area contributed by atoms with Gasteiger partial charge in [0.25, 0.3) is 6.71 Å². The molecule has 0 unspecified atom stereocenters. The maximum Gasteiger partial charge on any atom is 0.298 e. The quantitative estimate of drug-likeness (QED) is 0.508. The number of rotatable bonds is 3. The van der Waals surface area contributed by atoms with E-state index in [0.717, 1.165) is 39.5 Å². The molecule has 1 aliphatic rings. The van der Waals surface area contributed by atoms with Gasteiger partial charge in [-0.2, -0.15) is 0 Å². The molecule has 0 amide bonds. The lowest BCUT2D eigenvalue weighted by molar-refractivity contribution is 0.487. The summed E-state index contributed by atoms with van der Waals surface area (Å²) in [7, 11) is 8.12. The molecule has 0 bridgehead atoms. The largest absolute Gasteiger partial charge is 0.458 e. The molecule has 7 heteroatoms. The zero-order valence-electron chi connectivity index (χ0n) is 15.3. The van der Waals surface area contributed by atoms with Crippen LogP contribution in [0, 0.1) is 0 Å². The minimum atomic E-state index is -0.100.